The third kappa shape index (κ3) is 8.95. The molecular formula is C56H57N3. The largest absolute Gasteiger partial charge is 0.208 e. The van der Waals surface area contributed by atoms with E-state index in [2.05, 4.69) is 186 Å². The number of allylic oxidation sites excluding steroid dienone is 4. The van der Waals surface area contributed by atoms with Crippen LogP contribution >= 0.6 is 0 Å². The van der Waals surface area contributed by atoms with Gasteiger partial charge in [0, 0.05) is 22.1 Å². The molecule has 3 heteroatoms. The van der Waals surface area contributed by atoms with Crippen molar-refractivity contribution in [3.05, 3.63) is 191 Å². The lowest BCUT2D eigenvalue weighted by Crippen LogP contribution is -2.15. The van der Waals surface area contributed by atoms with E-state index >= 15 is 0 Å². The van der Waals surface area contributed by atoms with Gasteiger partial charge < -0.3 is 0 Å². The standard InChI is InChI=1S/C29H25N3.C25H26.C2H6/c1-21-13-15-25(16-14-21)28-30-27(24-11-5-2-3-6-12-24)31-29(32-28)26-19-17-23(18-20-26)22-9-7-4-8-10-22;1-5-10-18-11-6-7-12-19(18)21-16-22-20-13-8-9-14-23(20)25(3,4)24(22)15-17(21)2;1-2/h4-5,7-20H,2-3,6H2,1H3;6-9,11-16H,5,10H2,1-4H3;1-2H3. The van der Waals surface area contributed by atoms with E-state index in [1.165, 1.54) is 67.6 Å². The van der Waals surface area contributed by atoms with E-state index in [-0.39, 0.29) is 5.41 Å². The summed E-state index contributed by atoms with van der Waals surface area (Å²) < 4.78 is 0. The van der Waals surface area contributed by atoms with Crippen LogP contribution in [-0.4, -0.2) is 15.0 Å². The van der Waals surface area contributed by atoms with Crippen LogP contribution in [0.25, 0.3) is 61.7 Å². The molecule has 0 spiro atoms. The quantitative estimate of drug-likeness (QED) is 0.162. The molecule has 3 nitrogen and oxygen atoms in total. The van der Waals surface area contributed by atoms with E-state index in [0.29, 0.717) is 11.6 Å². The molecule has 0 atom stereocenters. The molecule has 0 amide bonds. The Hall–Kier alpha value is -6.19. The number of aryl methyl sites for hydroxylation is 3. The normalized spacial score (nSPS) is 13.4. The molecule has 1 heterocycles. The maximum Gasteiger partial charge on any atom is 0.164 e. The van der Waals surface area contributed by atoms with Crippen molar-refractivity contribution in [2.75, 3.05) is 0 Å². The van der Waals surface area contributed by atoms with Gasteiger partial charge in [-0.1, -0.05) is 198 Å². The number of rotatable bonds is 7. The first-order valence-electron chi connectivity index (χ1n) is 21.5. The Balaban J connectivity index is 0.000000177. The summed E-state index contributed by atoms with van der Waals surface area (Å²) in [6, 6.07) is 49.8. The van der Waals surface area contributed by atoms with Gasteiger partial charge in [0.15, 0.2) is 17.5 Å². The molecule has 0 saturated carbocycles. The molecule has 0 radical (unpaired) electrons. The summed E-state index contributed by atoms with van der Waals surface area (Å²) in [6.45, 7) is 15.3. The van der Waals surface area contributed by atoms with Gasteiger partial charge in [-0.2, -0.15) is 0 Å². The summed E-state index contributed by atoms with van der Waals surface area (Å²) in [5.74, 6) is 2.13. The Morgan fingerprint density at radius 2 is 1.10 bits per heavy atom. The van der Waals surface area contributed by atoms with E-state index < -0.39 is 0 Å². The first-order chi connectivity index (χ1) is 28.8. The van der Waals surface area contributed by atoms with Gasteiger partial charge in [0.1, 0.15) is 0 Å². The third-order valence-corrected chi connectivity index (χ3v) is 11.4. The Kier molecular flexibility index (Phi) is 12.9. The molecule has 0 unspecified atom stereocenters. The molecule has 1 aromatic heterocycles. The van der Waals surface area contributed by atoms with Gasteiger partial charge in [0.05, 0.1) is 0 Å². The summed E-state index contributed by atoms with van der Waals surface area (Å²) in [7, 11) is 0. The predicted molar refractivity (Wildman–Crippen MR) is 251 cm³/mol. The number of benzene rings is 6. The summed E-state index contributed by atoms with van der Waals surface area (Å²) in [4.78, 5) is 14.6. The average Bonchev–Trinajstić information content (AvgIpc) is 3.44. The van der Waals surface area contributed by atoms with Crippen molar-refractivity contribution in [1.82, 2.24) is 15.0 Å². The lowest BCUT2D eigenvalue weighted by Gasteiger charge is -2.22. The minimum Gasteiger partial charge on any atom is -0.208 e. The van der Waals surface area contributed by atoms with Crippen molar-refractivity contribution in [2.45, 2.75) is 86.0 Å². The zero-order valence-corrected chi connectivity index (χ0v) is 35.9. The fourth-order valence-corrected chi connectivity index (χ4v) is 8.26. The van der Waals surface area contributed by atoms with Crippen LogP contribution in [0.5, 0.6) is 0 Å². The minimum atomic E-state index is 0.0815. The molecule has 0 bridgehead atoms. The second kappa shape index (κ2) is 18.6. The molecule has 2 aliphatic rings. The van der Waals surface area contributed by atoms with Crippen molar-refractivity contribution in [3.63, 3.8) is 0 Å². The van der Waals surface area contributed by atoms with Gasteiger partial charge in [-0.05, 0) is 101 Å². The number of nitrogens with zero attached hydrogens (tertiary/aromatic N) is 3. The third-order valence-electron chi connectivity index (χ3n) is 11.4. The van der Waals surface area contributed by atoms with Crippen LogP contribution in [0.4, 0.5) is 0 Å². The van der Waals surface area contributed by atoms with Crippen LogP contribution in [0.3, 0.4) is 0 Å². The highest BCUT2D eigenvalue weighted by Gasteiger charge is 2.35. The van der Waals surface area contributed by atoms with Gasteiger partial charge >= 0.3 is 0 Å². The molecule has 2 aliphatic carbocycles. The number of fused-ring (bicyclic) bond motifs is 3. The highest BCUT2D eigenvalue weighted by Crippen LogP contribution is 2.50. The van der Waals surface area contributed by atoms with Crippen LogP contribution in [-0.2, 0) is 11.8 Å². The molecule has 296 valence electrons. The van der Waals surface area contributed by atoms with Crippen LogP contribution in [0.1, 0.15) is 93.9 Å². The fourth-order valence-electron chi connectivity index (χ4n) is 8.26. The van der Waals surface area contributed by atoms with E-state index in [9.17, 15) is 0 Å². The first-order valence-corrected chi connectivity index (χ1v) is 21.5. The molecule has 0 N–H and O–H groups in total. The number of hydrogen-bond acceptors (Lipinski definition) is 3. The molecule has 7 aromatic rings. The zero-order valence-electron chi connectivity index (χ0n) is 35.9. The summed E-state index contributed by atoms with van der Waals surface area (Å²) in [5.41, 5.74) is 18.1. The lowest BCUT2D eigenvalue weighted by atomic mass is 9.81. The van der Waals surface area contributed by atoms with Crippen LogP contribution in [0.15, 0.2) is 158 Å². The fraction of sp³-hybridized carbons (Fsp3) is 0.232. The summed E-state index contributed by atoms with van der Waals surface area (Å²) in [6.07, 6.45) is 12.2. The lowest BCUT2D eigenvalue weighted by molar-refractivity contribution is 0.660. The Morgan fingerprint density at radius 3 is 1.80 bits per heavy atom. The van der Waals surface area contributed by atoms with Crippen molar-refractivity contribution in [1.29, 1.82) is 0 Å². The van der Waals surface area contributed by atoms with E-state index in [4.69, 9.17) is 15.0 Å². The summed E-state index contributed by atoms with van der Waals surface area (Å²) in [5, 5.41) is 0. The second-order valence-corrected chi connectivity index (χ2v) is 15.9. The molecule has 0 saturated heterocycles. The first kappa shape index (κ1) is 41.0. The van der Waals surface area contributed by atoms with Crippen LogP contribution < -0.4 is 0 Å². The Labute approximate surface area is 352 Å². The topological polar surface area (TPSA) is 38.7 Å². The molecule has 0 fully saturated rings. The highest BCUT2D eigenvalue weighted by atomic mass is 15.0. The molecule has 0 aliphatic heterocycles. The van der Waals surface area contributed by atoms with Crippen LogP contribution in [0, 0.1) is 13.8 Å². The minimum absolute atomic E-state index is 0.0815. The van der Waals surface area contributed by atoms with Gasteiger partial charge in [-0.15, -0.1) is 0 Å². The zero-order chi connectivity index (χ0) is 41.4. The number of hydrogen-bond donors (Lipinski definition) is 0. The smallest absolute Gasteiger partial charge is 0.164 e. The molecule has 6 aromatic carbocycles. The predicted octanol–water partition coefficient (Wildman–Crippen LogP) is 15.3. The molecule has 59 heavy (non-hydrogen) atoms. The molecular weight excluding hydrogens is 715 g/mol. The Bertz CT molecular complexity index is 2580. The Morgan fingerprint density at radius 1 is 0.525 bits per heavy atom. The maximum atomic E-state index is 4.87. The highest BCUT2D eigenvalue weighted by molar-refractivity contribution is 5.86. The van der Waals surface area contributed by atoms with Gasteiger partial charge in [0.2, 0.25) is 0 Å². The van der Waals surface area contributed by atoms with E-state index in [1.807, 2.05) is 19.9 Å². The van der Waals surface area contributed by atoms with E-state index in [1.54, 1.807) is 0 Å². The SMILES string of the molecule is CC.CCCc1ccccc1-c1cc2c(cc1C)C(C)(C)c1ccccc1-2.Cc1ccc(-c2nc(C3=CCCCC=C3)nc(-c3ccc(-c4ccccc4)cc3)n2)cc1. The number of aromatic nitrogens is 3. The van der Waals surface area contributed by atoms with Gasteiger partial charge in [-0.3, -0.25) is 0 Å². The van der Waals surface area contributed by atoms with Crippen molar-refractivity contribution in [2.24, 2.45) is 0 Å². The second-order valence-electron chi connectivity index (χ2n) is 15.9. The monoisotopic (exact) mass is 771 g/mol. The van der Waals surface area contributed by atoms with Gasteiger partial charge in [0.25, 0.3) is 0 Å². The van der Waals surface area contributed by atoms with Crippen molar-refractivity contribution < 1.29 is 0 Å². The maximum absolute atomic E-state index is 4.87. The van der Waals surface area contributed by atoms with Crippen LogP contribution in [0.2, 0.25) is 0 Å². The van der Waals surface area contributed by atoms with Crippen molar-refractivity contribution in [3.8, 4) is 56.2 Å². The molecule has 9 rings (SSSR count). The van der Waals surface area contributed by atoms with Gasteiger partial charge in [-0.25, -0.2) is 15.0 Å². The average molecular weight is 772 g/mol. The summed E-state index contributed by atoms with van der Waals surface area (Å²) >= 11 is 0. The van der Waals surface area contributed by atoms with Crippen molar-refractivity contribution >= 4 is 5.57 Å². The van der Waals surface area contributed by atoms with E-state index in [0.717, 1.165) is 48.2 Å².